The summed E-state index contributed by atoms with van der Waals surface area (Å²) >= 11 is 0. The molecule has 0 heterocycles. The maximum atomic E-state index is 11.1. The summed E-state index contributed by atoms with van der Waals surface area (Å²) in [4.78, 5) is 21.3. The first-order valence-electron chi connectivity index (χ1n) is 5.36. The Balaban J connectivity index is 3.20. The van der Waals surface area contributed by atoms with E-state index in [0.717, 1.165) is 13.0 Å². The van der Waals surface area contributed by atoms with Gasteiger partial charge in [-0.05, 0) is 19.4 Å². The van der Waals surface area contributed by atoms with Gasteiger partial charge in [0.1, 0.15) is 0 Å². The summed E-state index contributed by atoms with van der Waals surface area (Å²) in [5.74, 6) is -0.764. The van der Waals surface area contributed by atoms with Crippen LogP contribution in [0.15, 0.2) is 0 Å². The highest BCUT2D eigenvalue weighted by molar-refractivity contribution is 5.76. The van der Waals surface area contributed by atoms with Gasteiger partial charge in [0, 0.05) is 25.9 Å². The molecule has 0 rings (SSSR count). The van der Waals surface area contributed by atoms with Crippen LogP contribution in [0, 0.1) is 0 Å². The van der Waals surface area contributed by atoms with Gasteiger partial charge in [0.25, 0.3) is 0 Å². The minimum atomic E-state index is -0.784. The van der Waals surface area contributed by atoms with Crippen LogP contribution in [0.25, 0.3) is 0 Å². The lowest BCUT2D eigenvalue weighted by Gasteiger charge is -2.04. The number of carbonyl (C=O) groups is 2. The van der Waals surface area contributed by atoms with E-state index in [4.69, 9.17) is 5.11 Å². The predicted octanol–water partition coefficient (Wildman–Crippen LogP) is 0.357. The van der Waals surface area contributed by atoms with Crippen molar-refractivity contribution in [3.05, 3.63) is 0 Å². The SMILES string of the molecule is CCNCCC(=O)NCCCCC(=O)O. The van der Waals surface area contributed by atoms with E-state index in [2.05, 4.69) is 10.6 Å². The van der Waals surface area contributed by atoms with Gasteiger partial charge in [0.2, 0.25) is 5.91 Å². The van der Waals surface area contributed by atoms with Crippen molar-refractivity contribution in [1.29, 1.82) is 0 Å². The van der Waals surface area contributed by atoms with Gasteiger partial charge in [0.05, 0.1) is 0 Å². The van der Waals surface area contributed by atoms with Crippen LogP contribution in [0.3, 0.4) is 0 Å². The molecular formula is C10H20N2O3. The first kappa shape index (κ1) is 13.9. The van der Waals surface area contributed by atoms with Crippen LogP contribution >= 0.6 is 0 Å². The summed E-state index contributed by atoms with van der Waals surface area (Å²) in [7, 11) is 0. The lowest BCUT2D eigenvalue weighted by Crippen LogP contribution is -2.28. The monoisotopic (exact) mass is 216 g/mol. The zero-order valence-corrected chi connectivity index (χ0v) is 9.21. The fraction of sp³-hybridized carbons (Fsp3) is 0.800. The number of carbonyl (C=O) groups excluding carboxylic acids is 1. The molecule has 0 atom stereocenters. The predicted molar refractivity (Wildman–Crippen MR) is 57.7 cm³/mol. The Morgan fingerprint density at radius 3 is 2.47 bits per heavy atom. The highest BCUT2D eigenvalue weighted by Gasteiger charge is 2.00. The molecule has 0 spiro atoms. The van der Waals surface area contributed by atoms with E-state index in [0.29, 0.717) is 25.9 Å². The van der Waals surface area contributed by atoms with Crippen LogP contribution in [-0.4, -0.2) is 36.6 Å². The Hall–Kier alpha value is -1.10. The average Bonchev–Trinajstić information content (AvgIpc) is 2.17. The molecule has 5 nitrogen and oxygen atoms in total. The number of carboxylic acid groups (broad SMARTS) is 1. The Labute approximate surface area is 90.2 Å². The molecule has 88 valence electrons. The third kappa shape index (κ3) is 10.8. The molecule has 0 saturated carbocycles. The fourth-order valence-electron chi connectivity index (χ4n) is 1.10. The Kier molecular flexibility index (Phi) is 8.76. The van der Waals surface area contributed by atoms with Crippen LogP contribution in [0.1, 0.15) is 32.6 Å². The van der Waals surface area contributed by atoms with Crippen LogP contribution in [0.2, 0.25) is 0 Å². The van der Waals surface area contributed by atoms with Crippen LogP contribution in [-0.2, 0) is 9.59 Å². The van der Waals surface area contributed by atoms with Crippen molar-refractivity contribution in [3.8, 4) is 0 Å². The Morgan fingerprint density at radius 1 is 1.13 bits per heavy atom. The number of amides is 1. The van der Waals surface area contributed by atoms with Gasteiger partial charge in [-0.15, -0.1) is 0 Å². The van der Waals surface area contributed by atoms with E-state index in [1.165, 1.54) is 0 Å². The van der Waals surface area contributed by atoms with Crippen molar-refractivity contribution in [2.45, 2.75) is 32.6 Å². The quantitative estimate of drug-likeness (QED) is 0.486. The van der Waals surface area contributed by atoms with Gasteiger partial charge in [-0.25, -0.2) is 0 Å². The molecule has 0 unspecified atom stereocenters. The average molecular weight is 216 g/mol. The van der Waals surface area contributed by atoms with Gasteiger partial charge in [0.15, 0.2) is 0 Å². The van der Waals surface area contributed by atoms with E-state index in [9.17, 15) is 9.59 Å². The summed E-state index contributed by atoms with van der Waals surface area (Å²) in [5.41, 5.74) is 0. The number of rotatable bonds is 9. The van der Waals surface area contributed by atoms with Gasteiger partial charge in [-0.3, -0.25) is 9.59 Å². The van der Waals surface area contributed by atoms with E-state index in [1.54, 1.807) is 0 Å². The number of hydrogen-bond acceptors (Lipinski definition) is 3. The molecule has 3 N–H and O–H groups in total. The molecule has 0 aromatic heterocycles. The molecule has 0 bridgehead atoms. The van der Waals surface area contributed by atoms with Gasteiger partial charge in [-0.2, -0.15) is 0 Å². The summed E-state index contributed by atoms with van der Waals surface area (Å²) < 4.78 is 0. The fourth-order valence-corrected chi connectivity index (χ4v) is 1.10. The van der Waals surface area contributed by atoms with E-state index in [-0.39, 0.29) is 12.3 Å². The van der Waals surface area contributed by atoms with Crippen molar-refractivity contribution in [3.63, 3.8) is 0 Å². The molecule has 0 aliphatic heterocycles. The second-order valence-corrected chi connectivity index (χ2v) is 3.30. The van der Waals surface area contributed by atoms with Gasteiger partial charge >= 0.3 is 5.97 Å². The number of aliphatic carboxylic acids is 1. The van der Waals surface area contributed by atoms with Crippen molar-refractivity contribution in [2.24, 2.45) is 0 Å². The molecule has 0 aromatic carbocycles. The molecule has 0 fully saturated rings. The summed E-state index contributed by atoms with van der Waals surface area (Å²) in [6, 6.07) is 0. The maximum absolute atomic E-state index is 11.1. The smallest absolute Gasteiger partial charge is 0.303 e. The minimum Gasteiger partial charge on any atom is -0.481 e. The molecule has 0 aromatic rings. The van der Waals surface area contributed by atoms with E-state index < -0.39 is 5.97 Å². The molecule has 0 aliphatic carbocycles. The number of nitrogens with one attached hydrogen (secondary N) is 2. The lowest BCUT2D eigenvalue weighted by atomic mass is 10.2. The van der Waals surface area contributed by atoms with Crippen molar-refractivity contribution in [2.75, 3.05) is 19.6 Å². The van der Waals surface area contributed by atoms with Crippen molar-refractivity contribution < 1.29 is 14.7 Å². The first-order valence-corrected chi connectivity index (χ1v) is 5.36. The Bertz CT molecular complexity index is 195. The number of unbranched alkanes of at least 4 members (excludes halogenated alkanes) is 1. The standard InChI is InChI=1S/C10H20N2O3/c1-2-11-8-6-9(13)12-7-4-3-5-10(14)15/h11H,2-8H2,1H3,(H,12,13)(H,14,15). The van der Waals surface area contributed by atoms with Gasteiger partial charge in [-0.1, -0.05) is 6.92 Å². The summed E-state index contributed by atoms with van der Waals surface area (Å²) in [5, 5.41) is 14.2. The summed E-state index contributed by atoms with van der Waals surface area (Å²) in [6.07, 6.45) is 1.99. The maximum Gasteiger partial charge on any atom is 0.303 e. The van der Waals surface area contributed by atoms with E-state index in [1.807, 2.05) is 6.92 Å². The highest BCUT2D eigenvalue weighted by Crippen LogP contribution is 1.93. The lowest BCUT2D eigenvalue weighted by molar-refractivity contribution is -0.137. The molecule has 1 amide bonds. The summed E-state index contributed by atoms with van der Waals surface area (Å²) in [6.45, 7) is 4.12. The van der Waals surface area contributed by atoms with Crippen LogP contribution in [0.4, 0.5) is 0 Å². The molecule has 0 radical (unpaired) electrons. The zero-order valence-electron chi connectivity index (χ0n) is 9.21. The number of carboxylic acids is 1. The van der Waals surface area contributed by atoms with E-state index >= 15 is 0 Å². The second-order valence-electron chi connectivity index (χ2n) is 3.30. The normalized spacial score (nSPS) is 9.93. The minimum absolute atomic E-state index is 0.0197. The molecule has 15 heavy (non-hydrogen) atoms. The molecule has 0 aliphatic rings. The zero-order chi connectivity index (χ0) is 11.5. The van der Waals surface area contributed by atoms with Crippen molar-refractivity contribution >= 4 is 11.9 Å². The largest absolute Gasteiger partial charge is 0.481 e. The molecule has 5 heteroatoms. The van der Waals surface area contributed by atoms with Crippen LogP contribution < -0.4 is 10.6 Å². The first-order chi connectivity index (χ1) is 7.16. The highest BCUT2D eigenvalue weighted by atomic mass is 16.4. The molecule has 0 saturated heterocycles. The third-order valence-electron chi connectivity index (χ3n) is 1.92. The third-order valence-corrected chi connectivity index (χ3v) is 1.92. The number of hydrogen-bond donors (Lipinski definition) is 3. The molecular weight excluding hydrogens is 196 g/mol. The topological polar surface area (TPSA) is 78.4 Å². The van der Waals surface area contributed by atoms with Gasteiger partial charge < -0.3 is 15.7 Å². The second kappa shape index (κ2) is 9.45. The van der Waals surface area contributed by atoms with Crippen LogP contribution in [0.5, 0.6) is 0 Å². The Morgan fingerprint density at radius 2 is 1.87 bits per heavy atom. The van der Waals surface area contributed by atoms with Crippen molar-refractivity contribution in [1.82, 2.24) is 10.6 Å².